The average molecular weight is 387 g/mol. The van der Waals surface area contributed by atoms with E-state index in [4.69, 9.17) is 15.2 Å². The molecular formula is C20H29N5O3. The number of amides is 1. The third-order valence-electron chi connectivity index (χ3n) is 4.96. The van der Waals surface area contributed by atoms with Gasteiger partial charge in [0.1, 0.15) is 12.4 Å². The van der Waals surface area contributed by atoms with E-state index in [-0.39, 0.29) is 18.5 Å². The molecule has 0 bridgehead atoms. The summed E-state index contributed by atoms with van der Waals surface area (Å²) in [7, 11) is 3.21. The summed E-state index contributed by atoms with van der Waals surface area (Å²) in [4.78, 5) is 19.1. The Hall–Kier alpha value is -2.61. The van der Waals surface area contributed by atoms with Crippen LogP contribution in [0.25, 0.3) is 0 Å². The minimum Gasteiger partial charge on any atom is -0.493 e. The molecule has 2 N–H and O–H groups in total. The van der Waals surface area contributed by atoms with Gasteiger partial charge in [0, 0.05) is 19.5 Å². The fourth-order valence-electron chi connectivity index (χ4n) is 3.48. The summed E-state index contributed by atoms with van der Waals surface area (Å²) in [6.07, 6.45) is 3.83. The predicted octanol–water partition coefficient (Wildman–Crippen LogP) is 1.92. The van der Waals surface area contributed by atoms with Gasteiger partial charge in [-0.1, -0.05) is 6.07 Å². The largest absolute Gasteiger partial charge is 0.493 e. The Balaban J connectivity index is 1.77. The van der Waals surface area contributed by atoms with Crippen molar-refractivity contribution in [1.29, 1.82) is 0 Å². The number of hydrogen-bond acceptors (Lipinski definition) is 6. The van der Waals surface area contributed by atoms with Gasteiger partial charge in [0.2, 0.25) is 5.91 Å². The summed E-state index contributed by atoms with van der Waals surface area (Å²) in [5, 5.41) is 4.57. The smallest absolute Gasteiger partial charge is 0.244 e. The summed E-state index contributed by atoms with van der Waals surface area (Å²) in [6.45, 7) is 3.67. The predicted molar refractivity (Wildman–Crippen MR) is 105 cm³/mol. The lowest BCUT2D eigenvalue weighted by atomic mass is 10.1. The lowest BCUT2D eigenvalue weighted by molar-refractivity contribution is -0.133. The van der Waals surface area contributed by atoms with E-state index in [1.54, 1.807) is 18.9 Å². The van der Waals surface area contributed by atoms with Crippen molar-refractivity contribution in [2.45, 2.75) is 45.2 Å². The minimum atomic E-state index is -0.305. The van der Waals surface area contributed by atoms with Crippen LogP contribution in [0.15, 0.2) is 18.2 Å². The van der Waals surface area contributed by atoms with Crippen LogP contribution in [-0.4, -0.2) is 52.9 Å². The normalized spacial score (nSPS) is 15.4. The van der Waals surface area contributed by atoms with Crippen LogP contribution < -0.4 is 15.2 Å². The number of piperidine rings is 1. The van der Waals surface area contributed by atoms with Crippen LogP contribution in [0.3, 0.4) is 0 Å². The highest BCUT2D eigenvalue weighted by Gasteiger charge is 2.21. The molecule has 0 aliphatic carbocycles. The summed E-state index contributed by atoms with van der Waals surface area (Å²) in [5.41, 5.74) is 7.07. The number of nitrogens with two attached hydrogens (primary N) is 1. The molecule has 0 spiro atoms. The first-order chi connectivity index (χ1) is 13.5. The van der Waals surface area contributed by atoms with E-state index in [2.05, 4.69) is 10.1 Å². The highest BCUT2D eigenvalue weighted by molar-refractivity contribution is 5.76. The van der Waals surface area contributed by atoms with Crippen molar-refractivity contribution in [1.82, 2.24) is 19.7 Å². The molecule has 1 fully saturated rings. The maximum Gasteiger partial charge on any atom is 0.244 e. The van der Waals surface area contributed by atoms with Gasteiger partial charge >= 0.3 is 0 Å². The van der Waals surface area contributed by atoms with Gasteiger partial charge < -0.3 is 20.1 Å². The zero-order valence-electron chi connectivity index (χ0n) is 16.9. The van der Waals surface area contributed by atoms with Gasteiger partial charge in [-0.2, -0.15) is 5.10 Å². The molecule has 1 aromatic carbocycles. The maximum absolute atomic E-state index is 12.6. The molecule has 28 heavy (non-hydrogen) atoms. The van der Waals surface area contributed by atoms with Gasteiger partial charge in [0.15, 0.2) is 17.3 Å². The van der Waals surface area contributed by atoms with E-state index in [1.165, 1.54) is 6.42 Å². The third-order valence-corrected chi connectivity index (χ3v) is 4.96. The summed E-state index contributed by atoms with van der Waals surface area (Å²) in [5.74, 6) is 2.66. The number of hydrogen-bond donors (Lipinski definition) is 1. The third kappa shape index (κ3) is 4.62. The standard InChI is InChI=1S/C20H29N5O3/c1-14(21)20-22-18(12-15-7-8-16(27-2)17(11-15)28-3)23-25(20)13-19(26)24-9-5-4-6-10-24/h7-8,11,14H,4-6,9-10,12-13,21H2,1-3H3/t14-/m1/s1. The lowest BCUT2D eigenvalue weighted by Crippen LogP contribution is -2.38. The minimum absolute atomic E-state index is 0.0733. The second-order valence-corrected chi connectivity index (χ2v) is 7.14. The molecule has 1 saturated heterocycles. The first-order valence-corrected chi connectivity index (χ1v) is 9.69. The number of carbonyl (C=O) groups excluding carboxylic acids is 1. The number of rotatable bonds is 7. The fraction of sp³-hybridized carbons (Fsp3) is 0.550. The van der Waals surface area contributed by atoms with Crippen molar-refractivity contribution in [3.05, 3.63) is 35.4 Å². The van der Waals surface area contributed by atoms with E-state index in [0.29, 0.717) is 29.6 Å². The van der Waals surface area contributed by atoms with Gasteiger partial charge in [0.05, 0.1) is 20.3 Å². The van der Waals surface area contributed by atoms with Crippen LogP contribution in [0.1, 0.15) is 49.4 Å². The monoisotopic (exact) mass is 387 g/mol. The lowest BCUT2D eigenvalue weighted by Gasteiger charge is -2.26. The van der Waals surface area contributed by atoms with Crippen molar-refractivity contribution >= 4 is 5.91 Å². The van der Waals surface area contributed by atoms with E-state index in [0.717, 1.165) is 31.5 Å². The molecule has 0 unspecified atom stereocenters. The molecule has 1 amide bonds. The van der Waals surface area contributed by atoms with Crippen LogP contribution in [0.2, 0.25) is 0 Å². The number of aromatic nitrogens is 3. The molecule has 152 valence electrons. The fourth-order valence-corrected chi connectivity index (χ4v) is 3.48. The van der Waals surface area contributed by atoms with E-state index < -0.39 is 0 Å². The molecular weight excluding hydrogens is 358 g/mol. The van der Waals surface area contributed by atoms with Gasteiger partial charge in [-0.15, -0.1) is 0 Å². The first-order valence-electron chi connectivity index (χ1n) is 9.69. The molecule has 8 heteroatoms. The van der Waals surface area contributed by atoms with Gasteiger partial charge in [-0.3, -0.25) is 4.79 Å². The van der Waals surface area contributed by atoms with E-state index in [9.17, 15) is 4.79 Å². The molecule has 1 atom stereocenters. The van der Waals surface area contributed by atoms with E-state index >= 15 is 0 Å². The molecule has 1 aromatic heterocycles. The maximum atomic E-state index is 12.6. The number of likely N-dealkylation sites (tertiary alicyclic amines) is 1. The summed E-state index contributed by atoms with van der Waals surface area (Å²) < 4.78 is 12.3. The van der Waals surface area contributed by atoms with Gasteiger partial charge in [0.25, 0.3) is 0 Å². The average Bonchev–Trinajstić information content (AvgIpc) is 3.10. The molecule has 0 radical (unpaired) electrons. The SMILES string of the molecule is COc1ccc(Cc2nc([C@@H](C)N)n(CC(=O)N3CCCCC3)n2)cc1OC. The topological polar surface area (TPSA) is 95.5 Å². The Morgan fingerprint density at radius 2 is 1.89 bits per heavy atom. The first kappa shape index (κ1) is 20.1. The Morgan fingerprint density at radius 3 is 2.54 bits per heavy atom. The van der Waals surface area contributed by atoms with Gasteiger partial charge in [-0.05, 0) is 43.9 Å². The molecule has 3 rings (SSSR count). The van der Waals surface area contributed by atoms with Crippen LogP contribution in [-0.2, 0) is 17.8 Å². The molecule has 1 aliphatic heterocycles. The van der Waals surface area contributed by atoms with Crippen LogP contribution in [0.4, 0.5) is 0 Å². The van der Waals surface area contributed by atoms with Crippen molar-refractivity contribution < 1.29 is 14.3 Å². The molecule has 2 aromatic rings. The quantitative estimate of drug-likeness (QED) is 0.780. The molecule has 8 nitrogen and oxygen atoms in total. The Bertz CT molecular complexity index is 812. The van der Waals surface area contributed by atoms with Crippen LogP contribution in [0, 0.1) is 0 Å². The zero-order valence-corrected chi connectivity index (χ0v) is 16.9. The number of ether oxygens (including phenoxy) is 2. The summed E-state index contributed by atoms with van der Waals surface area (Å²) >= 11 is 0. The molecule has 1 aliphatic rings. The van der Waals surface area contributed by atoms with Crippen molar-refractivity contribution in [3.63, 3.8) is 0 Å². The number of benzene rings is 1. The van der Waals surface area contributed by atoms with Gasteiger partial charge in [-0.25, -0.2) is 9.67 Å². The number of carbonyl (C=O) groups is 1. The number of nitrogens with zero attached hydrogens (tertiary/aromatic N) is 4. The Morgan fingerprint density at radius 1 is 1.18 bits per heavy atom. The van der Waals surface area contributed by atoms with Crippen LogP contribution in [0.5, 0.6) is 11.5 Å². The second-order valence-electron chi connectivity index (χ2n) is 7.14. The number of methoxy groups -OCH3 is 2. The summed E-state index contributed by atoms with van der Waals surface area (Å²) in [6, 6.07) is 5.41. The highest BCUT2D eigenvalue weighted by Crippen LogP contribution is 2.28. The Kier molecular flexibility index (Phi) is 6.51. The molecule has 0 saturated carbocycles. The van der Waals surface area contributed by atoms with Crippen LogP contribution >= 0.6 is 0 Å². The highest BCUT2D eigenvalue weighted by atomic mass is 16.5. The Labute approximate surface area is 165 Å². The zero-order chi connectivity index (χ0) is 20.1. The van der Waals surface area contributed by atoms with Crippen molar-refractivity contribution in [2.24, 2.45) is 5.73 Å². The second kappa shape index (κ2) is 9.05. The molecule has 2 heterocycles. The van der Waals surface area contributed by atoms with Crippen molar-refractivity contribution in [2.75, 3.05) is 27.3 Å². The van der Waals surface area contributed by atoms with Crippen molar-refractivity contribution in [3.8, 4) is 11.5 Å². The van der Waals surface area contributed by atoms with E-state index in [1.807, 2.05) is 30.0 Å².